The molecule has 1 aliphatic heterocycles. The van der Waals surface area contributed by atoms with Gasteiger partial charge >= 0.3 is 6.18 Å². The van der Waals surface area contributed by atoms with Gasteiger partial charge in [0.15, 0.2) is 0 Å². The number of nitrogens with one attached hydrogen (secondary N) is 2. The van der Waals surface area contributed by atoms with Crippen molar-refractivity contribution in [2.45, 2.75) is 6.18 Å². The van der Waals surface area contributed by atoms with Crippen LogP contribution in [0.5, 0.6) is 0 Å². The van der Waals surface area contributed by atoms with E-state index < -0.39 is 11.7 Å². The van der Waals surface area contributed by atoms with Crippen LogP contribution in [0.15, 0.2) is 12.3 Å². The van der Waals surface area contributed by atoms with E-state index in [1.807, 2.05) is 0 Å². The van der Waals surface area contributed by atoms with E-state index in [-0.39, 0.29) is 23.3 Å². The van der Waals surface area contributed by atoms with E-state index in [0.717, 1.165) is 19.2 Å². The molecule has 2 N–H and O–H groups in total. The monoisotopic (exact) mass is 322 g/mol. The summed E-state index contributed by atoms with van der Waals surface area (Å²) >= 11 is 5.74. The SMILES string of the molecule is O=C(CNc1ncc(C(F)(F)F)cc1Cl)N1CCNCC1. The van der Waals surface area contributed by atoms with Gasteiger partial charge in [-0.2, -0.15) is 13.2 Å². The van der Waals surface area contributed by atoms with Crippen molar-refractivity contribution >= 4 is 23.3 Å². The number of aromatic nitrogens is 1. The molecule has 1 aromatic rings. The van der Waals surface area contributed by atoms with Gasteiger partial charge in [-0.1, -0.05) is 11.6 Å². The van der Waals surface area contributed by atoms with Crippen LogP contribution in [0.4, 0.5) is 19.0 Å². The molecule has 9 heteroatoms. The predicted molar refractivity (Wildman–Crippen MR) is 72.2 cm³/mol. The summed E-state index contributed by atoms with van der Waals surface area (Å²) in [5.41, 5.74) is -0.925. The first kappa shape index (κ1) is 15.8. The van der Waals surface area contributed by atoms with Gasteiger partial charge in [0, 0.05) is 32.4 Å². The van der Waals surface area contributed by atoms with Gasteiger partial charge in [0.1, 0.15) is 5.82 Å². The number of nitrogens with zero attached hydrogens (tertiary/aromatic N) is 2. The maximum absolute atomic E-state index is 12.5. The van der Waals surface area contributed by atoms with Crippen molar-refractivity contribution in [2.24, 2.45) is 0 Å². The standard InChI is InChI=1S/C12H14ClF3N4O/c13-9-5-8(12(14,15)16)6-18-11(9)19-7-10(21)20-3-1-17-2-4-20/h5-6,17H,1-4,7H2,(H,18,19). The van der Waals surface area contributed by atoms with Gasteiger partial charge in [-0.3, -0.25) is 4.79 Å². The molecule has 116 valence electrons. The highest BCUT2D eigenvalue weighted by Gasteiger charge is 2.31. The molecule has 1 fully saturated rings. The van der Waals surface area contributed by atoms with E-state index in [0.29, 0.717) is 19.3 Å². The molecule has 21 heavy (non-hydrogen) atoms. The Morgan fingerprint density at radius 1 is 1.43 bits per heavy atom. The number of halogens is 4. The topological polar surface area (TPSA) is 57.3 Å². The Bertz CT molecular complexity index is 518. The fourth-order valence-corrected chi connectivity index (χ4v) is 2.14. The molecule has 0 radical (unpaired) electrons. The minimum atomic E-state index is -4.49. The number of hydrogen-bond acceptors (Lipinski definition) is 4. The molecule has 0 atom stereocenters. The number of alkyl halides is 3. The maximum atomic E-state index is 12.5. The molecule has 0 aliphatic carbocycles. The molecule has 0 unspecified atom stereocenters. The van der Waals surface area contributed by atoms with Crippen LogP contribution < -0.4 is 10.6 Å². The summed E-state index contributed by atoms with van der Waals surface area (Å²) in [6.45, 7) is 2.61. The van der Waals surface area contributed by atoms with E-state index in [9.17, 15) is 18.0 Å². The summed E-state index contributed by atoms with van der Waals surface area (Å²) in [5.74, 6) is -0.0811. The van der Waals surface area contributed by atoms with Crippen LogP contribution in [0.2, 0.25) is 5.02 Å². The first-order chi connectivity index (χ1) is 9.88. The summed E-state index contributed by atoms with van der Waals surface area (Å²) in [6, 6.07) is 0.784. The molecule has 2 rings (SSSR count). The van der Waals surface area contributed by atoms with Crippen LogP contribution in [0.25, 0.3) is 0 Å². The smallest absolute Gasteiger partial charge is 0.360 e. The first-order valence-electron chi connectivity index (χ1n) is 6.33. The highest BCUT2D eigenvalue weighted by molar-refractivity contribution is 6.33. The van der Waals surface area contributed by atoms with Gasteiger partial charge in [-0.15, -0.1) is 0 Å². The second-order valence-corrected chi connectivity index (χ2v) is 4.94. The highest BCUT2D eigenvalue weighted by atomic mass is 35.5. The van der Waals surface area contributed by atoms with Gasteiger partial charge in [-0.25, -0.2) is 4.98 Å². The zero-order valence-corrected chi connectivity index (χ0v) is 11.8. The van der Waals surface area contributed by atoms with Crippen LogP contribution in [-0.4, -0.2) is 48.5 Å². The summed E-state index contributed by atoms with van der Waals surface area (Å²) < 4.78 is 37.4. The highest BCUT2D eigenvalue weighted by Crippen LogP contribution is 2.32. The number of carbonyl (C=O) groups is 1. The van der Waals surface area contributed by atoms with E-state index >= 15 is 0 Å². The molecule has 0 saturated carbocycles. The van der Waals surface area contributed by atoms with Crippen LogP contribution in [0, 0.1) is 0 Å². The third kappa shape index (κ3) is 4.21. The van der Waals surface area contributed by atoms with Gasteiger partial charge in [0.05, 0.1) is 17.1 Å². The Morgan fingerprint density at radius 2 is 2.10 bits per heavy atom. The van der Waals surface area contributed by atoms with Crippen LogP contribution in [-0.2, 0) is 11.0 Å². The number of rotatable bonds is 3. The summed E-state index contributed by atoms with van der Waals surface area (Å²) in [6.07, 6.45) is -3.81. The molecule has 5 nitrogen and oxygen atoms in total. The van der Waals surface area contributed by atoms with E-state index in [1.165, 1.54) is 0 Å². The third-order valence-electron chi connectivity index (χ3n) is 3.05. The Hall–Kier alpha value is -1.54. The molecule has 1 saturated heterocycles. The quantitative estimate of drug-likeness (QED) is 0.887. The number of pyridine rings is 1. The summed E-state index contributed by atoms with van der Waals surface area (Å²) in [7, 11) is 0. The minimum absolute atomic E-state index is 0.0575. The van der Waals surface area contributed by atoms with Crippen molar-refractivity contribution in [1.29, 1.82) is 0 Å². The Kier molecular flexibility index (Phi) is 4.89. The van der Waals surface area contributed by atoms with Gasteiger partial charge in [0.2, 0.25) is 5.91 Å². The van der Waals surface area contributed by atoms with Crippen molar-refractivity contribution in [3.63, 3.8) is 0 Å². The van der Waals surface area contributed by atoms with E-state index in [4.69, 9.17) is 11.6 Å². The molecule has 0 aromatic carbocycles. The van der Waals surface area contributed by atoms with Crippen LogP contribution in [0.3, 0.4) is 0 Å². The summed E-state index contributed by atoms with van der Waals surface area (Å²) in [4.78, 5) is 17.2. The number of piperazine rings is 1. The summed E-state index contributed by atoms with van der Waals surface area (Å²) in [5, 5.41) is 5.62. The fourth-order valence-electron chi connectivity index (χ4n) is 1.91. The number of carbonyl (C=O) groups excluding carboxylic acids is 1. The average Bonchev–Trinajstić information content (AvgIpc) is 2.45. The third-order valence-corrected chi connectivity index (χ3v) is 3.33. The van der Waals surface area contributed by atoms with Gasteiger partial charge in [-0.05, 0) is 6.07 Å². The number of hydrogen-bond donors (Lipinski definition) is 2. The lowest BCUT2D eigenvalue weighted by atomic mass is 10.2. The van der Waals surface area contributed by atoms with Crippen molar-refractivity contribution in [3.8, 4) is 0 Å². The number of amides is 1. The van der Waals surface area contributed by atoms with Crippen molar-refractivity contribution in [2.75, 3.05) is 38.0 Å². The van der Waals surface area contributed by atoms with Gasteiger partial charge < -0.3 is 15.5 Å². The van der Waals surface area contributed by atoms with Crippen molar-refractivity contribution in [1.82, 2.24) is 15.2 Å². The van der Waals surface area contributed by atoms with Crippen LogP contribution in [0.1, 0.15) is 5.56 Å². The van der Waals surface area contributed by atoms with E-state index in [1.54, 1.807) is 4.90 Å². The van der Waals surface area contributed by atoms with Crippen molar-refractivity contribution in [3.05, 3.63) is 22.8 Å². The van der Waals surface area contributed by atoms with Crippen LogP contribution >= 0.6 is 11.6 Å². The van der Waals surface area contributed by atoms with E-state index in [2.05, 4.69) is 15.6 Å². The molecular formula is C12H14ClF3N4O. The molecule has 1 amide bonds. The zero-order chi connectivity index (χ0) is 15.5. The molecule has 2 heterocycles. The molecule has 0 bridgehead atoms. The Balaban J connectivity index is 1.95. The van der Waals surface area contributed by atoms with Crippen molar-refractivity contribution < 1.29 is 18.0 Å². The fraction of sp³-hybridized carbons (Fsp3) is 0.500. The first-order valence-corrected chi connectivity index (χ1v) is 6.71. The number of anilines is 1. The largest absolute Gasteiger partial charge is 0.417 e. The molecule has 0 spiro atoms. The Morgan fingerprint density at radius 3 is 2.67 bits per heavy atom. The maximum Gasteiger partial charge on any atom is 0.417 e. The average molecular weight is 323 g/mol. The second kappa shape index (κ2) is 6.48. The van der Waals surface area contributed by atoms with Gasteiger partial charge in [0.25, 0.3) is 0 Å². The lowest BCUT2D eigenvalue weighted by molar-refractivity contribution is -0.137. The lowest BCUT2D eigenvalue weighted by Gasteiger charge is -2.27. The minimum Gasteiger partial charge on any atom is -0.360 e. The molecule has 1 aliphatic rings. The lowest BCUT2D eigenvalue weighted by Crippen LogP contribution is -2.48. The second-order valence-electron chi connectivity index (χ2n) is 4.54. The molecular weight excluding hydrogens is 309 g/mol. The normalized spacial score (nSPS) is 15.9. The zero-order valence-electron chi connectivity index (χ0n) is 11.0. The predicted octanol–water partition coefficient (Wildman–Crippen LogP) is 1.60. The molecule has 1 aromatic heterocycles. The Labute approximate surface area is 124 Å².